The average Bonchev–Trinajstić information content (AvgIpc) is 3.03. The van der Waals surface area contributed by atoms with Gasteiger partial charge in [0, 0.05) is 12.8 Å². The van der Waals surface area contributed by atoms with Gasteiger partial charge in [0.1, 0.15) is 5.78 Å². The normalized spacial score (nSPS) is 18.9. The van der Waals surface area contributed by atoms with Gasteiger partial charge in [-0.15, -0.1) is 0 Å². The number of allylic oxidation sites excluding steroid dienone is 4. The Kier molecular flexibility index (Phi) is 43.5. The smallest absolute Gasteiger partial charge is 0.306 e. The summed E-state index contributed by atoms with van der Waals surface area (Å²) in [6.45, 7) is 20.5. The molecule has 1 rings (SSSR count). The van der Waals surface area contributed by atoms with Gasteiger partial charge < -0.3 is 9.47 Å². The van der Waals surface area contributed by atoms with Gasteiger partial charge in [-0.1, -0.05) is 145 Å². The van der Waals surface area contributed by atoms with E-state index in [1.165, 1.54) is 65.6 Å². The lowest BCUT2D eigenvalue weighted by Crippen LogP contribution is -2.09. The Balaban J connectivity index is -0.000000319. The molecule has 5 nitrogen and oxygen atoms in total. The third-order valence-electron chi connectivity index (χ3n) is 7.15. The molecule has 1 fully saturated rings. The van der Waals surface area contributed by atoms with Crippen molar-refractivity contribution in [2.45, 2.75) is 172 Å². The van der Waals surface area contributed by atoms with Crippen LogP contribution in [0, 0.1) is 23.7 Å². The molecule has 0 aliphatic heterocycles. The summed E-state index contributed by atoms with van der Waals surface area (Å²) in [7, 11) is 2.83. The van der Waals surface area contributed by atoms with Crippen LogP contribution in [0.15, 0.2) is 24.3 Å². The summed E-state index contributed by atoms with van der Waals surface area (Å²) in [4.78, 5) is 34.0. The van der Waals surface area contributed by atoms with Gasteiger partial charge >= 0.3 is 11.9 Å². The molecule has 4 unspecified atom stereocenters. The van der Waals surface area contributed by atoms with Crippen LogP contribution in [0.25, 0.3) is 0 Å². The predicted octanol–water partition coefficient (Wildman–Crippen LogP) is 11.9. The summed E-state index contributed by atoms with van der Waals surface area (Å²) in [6.07, 6.45) is 25.9. The van der Waals surface area contributed by atoms with Gasteiger partial charge in [-0.25, -0.2) is 0 Å². The second-order valence-corrected chi connectivity index (χ2v) is 11.5. The number of Topliss-reactive ketones (excluding diaryl/α,β-unsaturated/α-hetero) is 1. The molecular weight excluding hydrogens is 548 g/mol. The highest BCUT2D eigenvalue weighted by molar-refractivity contribution is 5.78. The minimum absolute atomic E-state index is 0.164. The number of ether oxygens (including phenoxy) is 2. The largest absolute Gasteiger partial charge is 0.469 e. The Morgan fingerprint density at radius 1 is 0.659 bits per heavy atom. The number of rotatable bonds is 11. The van der Waals surface area contributed by atoms with Gasteiger partial charge in [0.15, 0.2) is 0 Å². The van der Waals surface area contributed by atoms with E-state index in [4.69, 9.17) is 0 Å². The van der Waals surface area contributed by atoms with Gasteiger partial charge in [-0.05, 0) is 49.4 Å². The van der Waals surface area contributed by atoms with E-state index < -0.39 is 0 Å². The maximum Gasteiger partial charge on any atom is 0.306 e. The molecule has 0 saturated heterocycles. The van der Waals surface area contributed by atoms with Crippen LogP contribution in [-0.2, 0) is 23.9 Å². The Morgan fingerprint density at radius 2 is 0.977 bits per heavy atom. The first kappa shape index (κ1) is 49.0. The summed E-state index contributed by atoms with van der Waals surface area (Å²) in [5.74, 6) is 1.85. The maximum absolute atomic E-state index is 11.8. The number of methoxy groups -OCH3 is 2. The molecule has 0 spiro atoms. The van der Waals surface area contributed by atoms with Crippen LogP contribution < -0.4 is 0 Å². The molecule has 0 radical (unpaired) electrons. The van der Waals surface area contributed by atoms with E-state index >= 15 is 0 Å². The van der Waals surface area contributed by atoms with Crippen LogP contribution in [-0.4, -0.2) is 31.9 Å². The zero-order chi connectivity index (χ0) is 34.6. The van der Waals surface area contributed by atoms with E-state index in [0.29, 0.717) is 30.5 Å². The molecule has 0 amide bonds. The van der Waals surface area contributed by atoms with Crippen LogP contribution in [0.1, 0.15) is 172 Å². The first-order valence-corrected chi connectivity index (χ1v) is 18.2. The minimum Gasteiger partial charge on any atom is -0.469 e. The molecule has 4 atom stereocenters. The van der Waals surface area contributed by atoms with Gasteiger partial charge in [0.2, 0.25) is 0 Å². The standard InChI is InChI=1S/C18H30O4.C15H28O.3C2H6/c1-15(13-17(19)21-3)11-9-7-5-6-8-10-12-16(2)14-18(20)22-4;1-13-9-7-5-3-4-6-8-10-14(2)12-15(16)11-13;3*1-2/h9-12,15-16H,5-8,13-14H2,1-4H3;13-14H,3-12H2,1-2H3;3*1-2H3/b11-9+,12-10+;;;;. The van der Waals surface area contributed by atoms with E-state index in [0.717, 1.165) is 38.5 Å². The van der Waals surface area contributed by atoms with Crippen LogP contribution in [0.5, 0.6) is 0 Å². The molecule has 0 aromatic heterocycles. The molecule has 1 aliphatic rings. The summed E-state index contributed by atoms with van der Waals surface area (Å²) in [5.41, 5.74) is 0. The van der Waals surface area contributed by atoms with E-state index in [-0.39, 0.29) is 23.8 Å². The van der Waals surface area contributed by atoms with Crippen molar-refractivity contribution in [1.29, 1.82) is 0 Å². The summed E-state index contributed by atoms with van der Waals surface area (Å²) in [5, 5.41) is 0. The fourth-order valence-corrected chi connectivity index (χ4v) is 4.77. The quantitative estimate of drug-likeness (QED) is 0.130. The number of hydrogen-bond donors (Lipinski definition) is 0. The monoisotopic (exact) mass is 625 g/mol. The van der Waals surface area contributed by atoms with E-state index in [1.54, 1.807) is 0 Å². The molecule has 1 saturated carbocycles. The molecular formula is C39H76O5. The molecule has 0 aromatic carbocycles. The van der Waals surface area contributed by atoms with Gasteiger partial charge in [0.25, 0.3) is 0 Å². The molecule has 0 heterocycles. The van der Waals surface area contributed by atoms with Crippen molar-refractivity contribution in [3.05, 3.63) is 24.3 Å². The van der Waals surface area contributed by atoms with Crippen LogP contribution in [0.4, 0.5) is 0 Å². The summed E-state index contributed by atoms with van der Waals surface area (Å²) < 4.78 is 9.27. The maximum atomic E-state index is 11.8. The van der Waals surface area contributed by atoms with Crippen molar-refractivity contribution in [2.24, 2.45) is 23.7 Å². The molecule has 262 valence electrons. The van der Waals surface area contributed by atoms with Crippen molar-refractivity contribution in [3.63, 3.8) is 0 Å². The minimum atomic E-state index is -0.164. The van der Waals surface area contributed by atoms with Crippen LogP contribution in [0.2, 0.25) is 0 Å². The lowest BCUT2D eigenvalue weighted by molar-refractivity contribution is -0.142. The van der Waals surface area contributed by atoms with Crippen LogP contribution in [0.3, 0.4) is 0 Å². The van der Waals surface area contributed by atoms with Crippen LogP contribution >= 0.6 is 0 Å². The lowest BCUT2D eigenvalue weighted by Gasteiger charge is -2.12. The second kappa shape index (κ2) is 39.1. The zero-order valence-corrected chi connectivity index (χ0v) is 31.5. The van der Waals surface area contributed by atoms with Crippen molar-refractivity contribution in [3.8, 4) is 0 Å². The van der Waals surface area contributed by atoms with Gasteiger partial charge in [-0.2, -0.15) is 0 Å². The van der Waals surface area contributed by atoms with Crippen molar-refractivity contribution in [1.82, 2.24) is 0 Å². The number of hydrogen-bond acceptors (Lipinski definition) is 5. The fraction of sp³-hybridized carbons (Fsp3) is 0.821. The molecule has 44 heavy (non-hydrogen) atoms. The third kappa shape index (κ3) is 38.1. The highest BCUT2D eigenvalue weighted by atomic mass is 16.5. The number of esters is 2. The van der Waals surface area contributed by atoms with E-state index in [9.17, 15) is 14.4 Å². The highest BCUT2D eigenvalue weighted by Gasteiger charge is 2.13. The predicted molar refractivity (Wildman–Crippen MR) is 192 cm³/mol. The Labute approximate surface area is 275 Å². The second-order valence-electron chi connectivity index (χ2n) is 11.5. The lowest BCUT2D eigenvalue weighted by atomic mass is 9.92. The van der Waals surface area contributed by atoms with Crippen molar-refractivity contribution >= 4 is 17.7 Å². The fourth-order valence-electron chi connectivity index (χ4n) is 4.77. The number of carbonyl (C=O) groups is 3. The highest BCUT2D eigenvalue weighted by Crippen LogP contribution is 2.21. The molecule has 0 N–H and O–H groups in total. The molecule has 0 bridgehead atoms. The van der Waals surface area contributed by atoms with Crippen molar-refractivity contribution < 1.29 is 23.9 Å². The Hall–Kier alpha value is -1.91. The molecule has 1 aliphatic carbocycles. The van der Waals surface area contributed by atoms with E-state index in [1.807, 2.05) is 55.4 Å². The first-order valence-electron chi connectivity index (χ1n) is 18.2. The first-order chi connectivity index (χ1) is 21.2. The summed E-state index contributed by atoms with van der Waals surface area (Å²) in [6, 6.07) is 0. The number of carbonyl (C=O) groups excluding carboxylic acids is 3. The number of ketones is 1. The van der Waals surface area contributed by atoms with Gasteiger partial charge in [0.05, 0.1) is 27.1 Å². The van der Waals surface area contributed by atoms with Gasteiger partial charge in [-0.3, -0.25) is 14.4 Å². The zero-order valence-electron chi connectivity index (χ0n) is 31.5. The molecule has 5 heteroatoms. The summed E-state index contributed by atoms with van der Waals surface area (Å²) >= 11 is 0. The Morgan fingerprint density at radius 3 is 1.30 bits per heavy atom. The molecule has 0 aromatic rings. The topological polar surface area (TPSA) is 69.7 Å². The average molecular weight is 625 g/mol. The van der Waals surface area contributed by atoms with Crippen molar-refractivity contribution in [2.75, 3.05) is 14.2 Å². The third-order valence-corrected chi connectivity index (χ3v) is 7.15. The van der Waals surface area contributed by atoms with E-state index in [2.05, 4.69) is 47.6 Å². The SMILES string of the molecule is CC.CC.CC.CC1CCCCCCCCC(C)CC(=O)C1.COC(=O)CC(C)/C=C/CCCC/C=C/C(C)CC(=O)OC. The Bertz CT molecular complexity index is 626. The number of unbranched alkanes of at least 4 members (excludes halogenated alkanes) is 3.